The minimum Gasteiger partial charge on any atom is -0.462 e. The molecule has 1 aliphatic heterocycles. The number of nitrogens with zero attached hydrogens (tertiary/aromatic N) is 1. The van der Waals surface area contributed by atoms with Gasteiger partial charge in [0.2, 0.25) is 11.8 Å². The Morgan fingerprint density at radius 2 is 1.79 bits per heavy atom. The van der Waals surface area contributed by atoms with E-state index in [9.17, 15) is 22.8 Å². The molecule has 0 bridgehead atoms. The first-order valence-electron chi connectivity index (χ1n) is 10.9. The van der Waals surface area contributed by atoms with Gasteiger partial charge in [0.1, 0.15) is 0 Å². The van der Waals surface area contributed by atoms with Gasteiger partial charge in [-0.25, -0.2) is 13.2 Å². The molecule has 0 unspecified atom stereocenters. The molecule has 0 aromatic heterocycles. The fourth-order valence-corrected chi connectivity index (χ4v) is 5.11. The maximum atomic E-state index is 12.8. The van der Waals surface area contributed by atoms with Crippen LogP contribution in [0.25, 0.3) is 0 Å². The van der Waals surface area contributed by atoms with Crippen molar-refractivity contribution >= 4 is 39.0 Å². The van der Waals surface area contributed by atoms with Gasteiger partial charge in [0.15, 0.2) is 9.84 Å². The number of carbonyl (C=O) groups is 3. The van der Waals surface area contributed by atoms with Crippen molar-refractivity contribution in [3.05, 3.63) is 53.6 Å². The van der Waals surface area contributed by atoms with Gasteiger partial charge in [0, 0.05) is 30.3 Å². The number of amides is 2. The van der Waals surface area contributed by atoms with E-state index in [0.717, 1.165) is 11.3 Å². The molecule has 1 heterocycles. The molecule has 0 fully saturated rings. The number of esters is 1. The van der Waals surface area contributed by atoms with Crippen molar-refractivity contribution in [2.45, 2.75) is 51.0 Å². The highest BCUT2D eigenvalue weighted by molar-refractivity contribution is 7.91. The molecule has 0 spiro atoms. The van der Waals surface area contributed by atoms with Crippen molar-refractivity contribution in [1.82, 2.24) is 0 Å². The Balaban J connectivity index is 1.62. The van der Waals surface area contributed by atoms with Crippen LogP contribution < -0.4 is 10.2 Å². The zero-order valence-electron chi connectivity index (χ0n) is 19.0. The maximum absolute atomic E-state index is 12.8. The molecule has 176 valence electrons. The van der Waals surface area contributed by atoms with E-state index in [1.165, 1.54) is 18.2 Å². The summed E-state index contributed by atoms with van der Waals surface area (Å²) in [6, 6.07) is 10.9. The average Bonchev–Trinajstić information content (AvgIpc) is 3.13. The van der Waals surface area contributed by atoms with Gasteiger partial charge in [-0.3, -0.25) is 9.59 Å². The minimum atomic E-state index is -3.68. The Labute approximate surface area is 193 Å². The quantitative estimate of drug-likeness (QED) is 0.590. The van der Waals surface area contributed by atoms with Gasteiger partial charge in [-0.15, -0.1) is 0 Å². The molecule has 2 aromatic rings. The summed E-state index contributed by atoms with van der Waals surface area (Å²) in [7, 11) is -3.68. The predicted octanol–water partition coefficient (Wildman–Crippen LogP) is 3.35. The highest BCUT2D eigenvalue weighted by Gasteiger charge is 2.31. The van der Waals surface area contributed by atoms with Crippen LogP contribution >= 0.6 is 0 Å². The summed E-state index contributed by atoms with van der Waals surface area (Å²) in [4.78, 5) is 38.0. The molecule has 2 amide bonds. The largest absolute Gasteiger partial charge is 0.462 e. The van der Waals surface area contributed by atoms with E-state index in [-0.39, 0.29) is 35.6 Å². The lowest BCUT2D eigenvalue weighted by molar-refractivity contribution is -0.118. The molecule has 0 radical (unpaired) electrons. The van der Waals surface area contributed by atoms with Crippen LogP contribution in [0.4, 0.5) is 11.4 Å². The lowest BCUT2D eigenvalue weighted by Crippen LogP contribution is -2.35. The Bertz CT molecular complexity index is 1160. The fraction of sp³-hybridized carbons (Fsp3) is 0.375. The summed E-state index contributed by atoms with van der Waals surface area (Å²) in [5.74, 6) is -1.24. The standard InChI is InChI=1S/C24H28N2O6S/c1-4-23(28)26-16(3)14-18-15-20(10-11-21(18)26)33(30,31)13-12-22(27)25-19-8-6-17(7-9-19)24(29)32-5-2/h6-11,15-16H,4-5,12-14H2,1-3H3,(H,25,27)/t16-/m1/s1. The van der Waals surface area contributed by atoms with Crippen LogP contribution in [-0.2, 0) is 30.6 Å². The first-order chi connectivity index (χ1) is 15.7. The molecule has 0 saturated heterocycles. The number of benzene rings is 2. The van der Waals surface area contributed by atoms with E-state index in [4.69, 9.17) is 4.74 Å². The first-order valence-corrected chi connectivity index (χ1v) is 12.6. The highest BCUT2D eigenvalue weighted by Crippen LogP contribution is 2.34. The number of fused-ring (bicyclic) bond motifs is 1. The molecule has 8 nitrogen and oxygen atoms in total. The predicted molar refractivity (Wildman–Crippen MR) is 125 cm³/mol. The number of anilines is 2. The van der Waals surface area contributed by atoms with Gasteiger partial charge in [-0.1, -0.05) is 6.92 Å². The molecular formula is C24H28N2O6S. The summed E-state index contributed by atoms with van der Waals surface area (Å²) < 4.78 is 30.5. The van der Waals surface area contributed by atoms with Crippen LogP contribution in [0.1, 0.15) is 49.5 Å². The minimum absolute atomic E-state index is 0.00353. The zero-order chi connectivity index (χ0) is 24.2. The number of rotatable bonds is 8. The van der Waals surface area contributed by atoms with E-state index in [1.54, 1.807) is 43.0 Å². The van der Waals surface area contributed by atoms with Gasteiger partial charge >= 0.3 is 5.97 Å². The third-order valence-electron chi connectivity index (χ3n) is 5.47. The highest BCUT2D eigenvalue weighted by atomic mass is 32.2. The summed E-state index contributed by atoms with van der Waals surface area (Å²) in [6.07, 6.45) is 0.757. The van der Waals surface area contributed by atoms with Crippen molar-refractivity contribution in [2.24, 2.45) is 0 Å². The molecular weight excluding hydrogens is 444 g/mol. The van der Waals surface area contributed by atoms with E-state index in [2.05, 4.69) is 5.32 Å². The second-order valence-electron chi connectivity index (χ2n) is 7.88. The third-order valence-corrected chi connectivity index (χ3v) is 7.19. The average molecular weight is 473 g/mol. The van der Waals surface area contributed by atoms with Crippen molar-refractivity contribution in [2.75, 3.05) is 22.6 Å². The van der Waals surface area contributed by atoms with Gasteiger partial charge in [0.05, 0.1) is 22.8 Å². The smallest absolute Gasteiger partial charge is 0.338 e. The van der Waals surface area contributed by atoms with Gasteiger partial charge < -0.3 is 15.0 Å². The molecule has 1 atom stereocenters. The summed E-state index contributed by atoms with van der Waals surface area (Å²) >= 11 is 0. The lowest BCUT2D eigenvalue weighted by Gasteiger charge is -2.22. The van der Waals surface area contributed by atoms with E-state index in [0.29, 0.717) is 24.1 Å². The van der Waals surface area contributed by atoms with Crippen LogP contribution in [-0.4, -0.2) is 44.6 Å². The van der Waals surface area contributed by atoms with Crippen LogP contribution in [0.5, 0.6) is 0 Å². The normalized spacial score (nSPS) is 15.1. The number of ether oxygens (including phenoxy) is 1. The zero-order valence-corrected chi connectivity index (χ0v) is 19.8. The lowest BCUT2D eigenvalue weighted by atomic mass is 10.1. The second kappa shape index (κ2) is 10.2. The summed E-state index contributed by atoms with van der Waals surface area (Å²) in [5, 5.41) is 2.64. The van der Waals surface area contributed by atoms with Gasteiger partial charge in [0.25, 0.3) is 0 Å². The Morgan fingerprint density at radius 1 is 1.09 bits per heavy atom. The molecule has 3 rings (SSSR count). The summed E-state index contributed by atoms with van der Waals surface area (Å²) in [5.41, 5.74) is 2.38. The van der Waals surface area contributed by atoms with Crippen LogP contribution in [0.15, 0.2) is 47.4 Å². The Morgan fingerprint density at radius 3 is 2.42 bits per heavy atom. The Kier molecular flexibility index (Phi) is 7.53. The number of nitrogens with one attached hydrogen (secondary N) is 1. The molecule has 0 saturated carbocycles. The number of carbonyl (C=O) groups excluding carboxylic acids is 3. The van der Waals surface area contributed by atoms with Gasteiger partial charge in [-0.2, -0.15) is 0 Å². The van der Waals surface area contributed by atoms with Crippen LogP contribution in [0, 0.1) is 0 Å². The molecule has 0 aliphatic carbocycles. The summed E-state index contributed by atoms with van der Waals surface area (Å²) in [6.45, 7) is 5.72. The third kappa shape index (κ3) is 5.60. The van der Waals surface area contributed by atoms with E-state index >= 15 is 0 Å². The second-order valence-corrected chi connectivity index (χ2v) is 9.98. The SMILES string of the molecule is CCOC(=O)c1ccc(NC(=O)CCS(=O)(=O)c2ccc3c(c2)C[C@@H](C)N3C(=O)CC)cc1. The van der Waals surface area contributed by atoms with Crippen molar-refractivity contribution < 1.29 is 27.5 Å². The molecule has 1 aliphatic rings. The van der Waals surface area contributed by atoms with Crippen molar-refractivity contribution in [1.29, 1.82) is 0 Å². The topological polar surface area (TPSA) is 110 Å². The van der Waals surface area contributed by atoms with E-state index < -0.39 is 21.7 Å². The van der Waals surface area contributed by atoms with Gasteiger partial charge in [-0.05, 0) is 68.3 Å². The first kappa shape index (κ1) is 24.4. The molecule has 33 heavy (non-hydrogen) atoms. The fourth-order valence-electron chi connectivity index (χ4n) is 3.82. The van der Waals surface area contributed by atoms with Crippen LogP contribution in [0.3, 0.4) is 0 Å². The molecule has 2 aromatic carbocycles. The van der Waals surface area contributed by atoms with Crippen molar-refractivity contribution in [3.8, 4) is 0 Å². The number of hydrogen-bond acceptors (Lipinski definition) is 6. The Hall–Kier alpha value is -3.20. The van der Waals surface area contributed by atoms with Crippen LogP contribution in [0.2, 0.25) is 0 Å². The maximum Gasteiger partial charge on any atom is 0.338 e. The molecule has 9 heteroatoms. The number of sulfone groups is 1. The monoisotopic (exact) mass is 472 g/mol. The van der Waals surface area contributed by atoms with Crippen molar-refractivity contribution in [3.63, 3.8) is 0 Å². The van der Waals surface area contributed by atoms with E-state index in [1.807, 2.05) is 6.92 Å². The molecule has 1 N–H and O–H groups in total. The number of hydrogen-bond donors (Lipinski definition) is 1.